The molecule has 7 heteroatoms. The Morgan fingerprint density at radius 3 is 2.78 bits per heavy atom. The number of nitrogen functional groups attached to an aromatic ring is 1. The topological polar surface area (TPSA) is 95.1 Å². The molecule has 18 heavy (non-hydrogen) atoms. The van der Waals surface area contributed by atoms with Gasteiger partial charge in [-0.15, -0.1) is 0 Å². The predicted molar refractivity (Wildman–Crippen MR) is 66.0 cm³/mol. The molecular formula is C11H13N5O2. The van der Waals surface area contributed by atoms with Crippen LogP contribution in [0.1, 0.15) is 0 Å². The Morgan fingerprint density at radius 2 is 2.17 bits per heavy atom. The fourth-order valence-corrected chi connectivity index (χ4v) is 1.28. The lowest BCUT2D eigenvalue weighted by Gasteiger charge is -2.06. The quantitative estimate of drug-likeness (QED) is 0.763. The van der Waals surface area contributed by atoms with Crippen LogP contribution in [0, 0.1) is 0 Å². The summed E-state index contributed by atoms with van der Waals surface area (Å²) in [7, 11) is 1.68. The van der Waals surface area contributed by atoms with Gasteiger partial charge < -0.3 is 10.5 Å². The molecule has 1 aromatic carbocycles. The van der Waals surface area contributed by atoms with Gasteiger partial charge in [-0.2, -0.15) is 10.1 Å². The van der Waals surface area contributed by atoms with E-state index < -0.39 is 0 Å². The highest BCUT2D eigenvalue weighted by molar-refractivity contribution is 5.90. The lowest BCUT2D eigenvalue weighted by Crippen LogP contribution is -2.22. The highest BCUT2D eigenvalue weighted by atomic mass is 16.5. The SMILES string of the molecule is Cn1ncnc1NC(=O)COc1ccc(N)cc1. The van der Waals surface area contributed by atoms with Crippen LogP contribution in [-0.4, -0.2) is 27.3 Å². The summed E-state index contributed by atoms with van der Waals surface area (Å²) in [5.41, 5.74) is 6.18. The van der Waals surface area contributed by atoms with Crippen LogP contribution in [0.3, 0.4) is 0 Å². The second-order valence-corrected chi connectivity index (χ2v) is 3.61. The number of anilines is 2. The van der Waals surface area contributed by atoms with Crippen LogP contribution in [0.15, 0.2) is 30.6 Å². The molecule has 1 heterocycles. The van der Waals surface area contributed by atoms with Crippen molar-refractivity contribution in [1.29, 1.82) is 0 Å². The lowest BCUT2D eigenvalue weighted by atomic mass is 10.3. The van der Waals surface area contributed by atoms with Crippen molar-refractivity contribution in [3.8, 4) is 5.75 Å². The molecule has 0 unspecified atom stereocenters. The smallest absolute Gasteiger partial charge is 0.264 e. The summed E-state index contributed by atoms with van der Waals surface area (Å²) in [6.07, 6.45) is 1.36. The molecule has 2 rings (SSSR count). The molecule has 0 saturated heterocycles. The first-order valence-electron chi connectivity index (χ1n) is 5.27. The number of amides is 1. The number of ether oxygens (including phenoxy) is 1. The van der Waals surface area contributed by atoms with Gasteiger partial charge >= 0.3 is 0 Å². The minimum Gasteiger partial charge on any atom is -0.484 e. The van der Waals surface area contributed by atoms with Gasteiger partial charge in [0.15, 0.2) is 6.61 Å². The van der Waals surface area contributed by atoms with E-state index in [0.717, 1.165) is 0 Å². The van der Waals surface area contributed by atoms with Crippen molar-refractivity contribution in [3.05, 3.63) is 30.6 Å². The van der Waals surface area contributed by atoms with Crippen LogP contribution in [-0.2, 0) is 11.8 Å². The Balaban J connectivity index is 1.85. The van der Waals surface area contributed by atoms with E-state index in [1.54, 1.807) is 31.3 Å². The second-order valence-electron chi connectivity index (χ2n) is 3.61. The Hall–Kier alpha value is -2.57. The van der Waals surface area contributed by atoms with E-state index in [0.29, 0.717) is 17.4 Å². The molecule has 94 valence electrons. The molecule has 0 aliphatic carbocycles. The Bertz CT molecular complexity index is 535. The van der Waals surface area contributed by atoms with Gasteiger partial charge in [-0.1, -0.05) is 0 Å². The van der Waals surface area contributed by atoms with Crippen LogP contribution in [0.4, 0.5) is 11.6 Å². The fraction of sp³-hybridized carbons (Fsp3) is 0.182. The maximum absolute atomic E-state index is 11.6. The molecular weight excluding hydrogens is 234 g/mol. The van der Waals surface area contributed by atoms with Crippen molar-refractivity contribution in [2.75, 3.05) is 17.7 Å². The number of carbonyl (C=O) groups is 1. The van der Waals surface area contributed by atoms with Crippen molar-refractivity contribution in [2.45, 2.75) is 0 Å². The third-order valence-electron chi connectivity index (χ3n) is 2.21. The number of nitrogens with one attached hydrogen (secondary N) is 1. The first-order chi connectivity index (χ1) is 8.65. The van der Waals surface area contributed by atoms with Crippen molar-refractivity contribution in [3.63, 3.8) is 0 Å². The monoisotopic (exact) mass is 247 g/mol. The average Bonchev–Trinajstić information content (AvgIpc) is 2.74. The zero-order chi connectivity index (χ0) is 13.0. The number of carbonyl (C=O) groups excluding carboxylic acids is 1. The number of hydrogen-bond acceptors (Lipinski definition) is 5. The molecule has 0 radical (unpaired) electrons. The number of nitrogens with zero attached hydrogens (tertiary/aromatic N) is 3. The van der Waals surface area contributed by atoms with E-state index >= 15 is 0 Å². The minimum atomic E-state index is -0.303. The summed E-state index contributed by atoms with van der Waals surface area (Å²) in [5.74, 6) is 0.654. The van der Waals surface area contributed by atoms with Gasteiger partial charge in [0, 0.05) is 12.7 Å². The van der Waals surface area contributed by atoms with Crippen molar-refractivity contribution in [1.82, 2.24) is 14.8 Å². The maximum Gasteiger partial charge on any atom is 0.264 e. The standard InChI is InChI=1S/C11H13N5O2/c1-16-11(13-7-14-16)15-10(17)6-18-9-4-2-8(12)3-5-9/h2-5,7H,6,12H2,1H3,(H,13,14,15,17). The zero-order valence-corrected chi connectivity index (χ0v) is 9.83. The van der Waals surface area contributed by atoms with Crippen LogP contribution >= 0.6 is 0 Å². The van der Waals surface area contributed by atoms with Crippen LogP contribution < -0.4 is 15.8 Å². The molecule has 0 spiro atoms. The molecule has 0 aliphatic heterocycles. The van der Waals surface area contributed by atoms with E-state index in [2.05, 4.69) is 15.4 Å². The van der Waals surface area contributed by atoms with E-state index in [9.17, 15) is 4.79 Å². The van der Waals surface area contributed by atoms with Gasteiger partial charge in [-0.3, -0.25) is 10.1 Å². The first kappa shape index (κ1) is 11.9. The summed E-state index contributed by atoms with van der Waals surface area (Å²) in [5, 5.41) is 6.41. The maximum atomic E-state index is 11.6. The summed E-state index contributed by atoms with van der Waals surface area (Å²) >= 11 is 0. The molecule has 0 saturated carbocycles. The molecule has 3 N–H and O–H groups in total. The average molecular weight is 247 g/mol. The van der Waals surface area contributed by atoms with E-state index in [1.807, 2.05) is 0 Å². The van der Waals surface area contributed by atoms with Gasteiger partial charge in [-0.05, 0) is 24.3 Å². The number of nitrogens with two attached hydrogens (primary N) is 1. The molecule has 0 fully saturated rings. The van der Waals surface area contributed by atoms with E-state index in [1.165, 1.54) is 11.0 Å². The van der Waals surface area contributed by atoms with Crippen LogP contribution in [0.25, 0.3) is 0 Å². The Morgan fingerprint density at radius 1 is 1.44 bits per heavy atom. The predicted octanol–water partition coefficient (Wildman–Crippen LogP) is 0.415. The molecule has 0 atom stereocenters. The Labute approximate surface area is 104 Å². The van der Waals surface area contributed by atoms with E-state index in [4.69, 9.17) is 10.5 Å². The number of rotatable bonds is 4. The number of aryl methyl sites for hydroxylation is 1. The van der Waals surface area contributed by atoms with E-state index in [-0.39, 0.29) is 12.5 Å². The lowest BCUT2D eigenvalue weighted by molar-refractivity contribution is -0.118. The minimum absolute atomic E-state index is 0.100. The molecule has 0 aliphatic rings. The summed E-state index contributed by atoms with van der Waals surface area (Å²) in [6, 6.07) is 6.81. The second kappa shape index (κ2) is 5.17. The Kier molecular flexibility index (Phi) is 3.42. The van der Waals surface area contributed by atoms with Gasteiger partial charge in [-0.25, -0.2) is 4.68 Å². The molecule has 7 nitrogen and oxygen atoms in total. The molecule has 1 amide bonds. The molecule has 2 aromatic rings. The number of aromatic nitrogens is 3. The number of hydrogen-bond donors (Lipinski definition) is 2. The summed E-state index contributed by atoms with van der Waals surface area (Å²) in [6.45, 7) is -0.100. The highest BCUT2D eigenvalue weighted by Gasteiger charge is 2.07. The highest BCUT2D eigenvalue weighted by Crippen LogP contribution is 2.12. The van der Waals surface area contributed by atoms with Gasteiger partial charge in [0.1, 0.15) is 12.1 Å². The van der Waals surface area contributed by atoms with Gasteiger partial charge in [0.2, 0.25) is 5.95 Å². The van der Waals surface area contributed by atoms with Crippen molar-refractivity contribution in [2.24, 2.45) is 7.05 Å². The molecule has 1 aromatic heterocycles. The largest absolute Gasteiger partial charge is 0.484 e. The van der Waals surface area contributed by atoms with Crippen LogP contribution in [0.2, 0.25) is 0 Å². The summed E-state index contributed by atoms with van der Waals surface area (Å²) in [4.78, 5) is 15.4. The fourth-order valence-electron chi connectivity index (χ4n) is 1.28. The zero-order valence-electron chi connectivity index (χ0n) is 9.83. The van der Waals surface area contributed by atoms with Crippen molar-refractivity contribution >= 4 is 17.5 Å². The third kappa shape index (κ3) is 2.97. The normalized spacial score (nSPS) is 10.1. The summed E-state index contributed by atoms with van der Waals surface area (Å²) < 4.78 is 6.75. The third-order valence-corrected chi connectivity index (χ3v) is 2.21. The number of benzene rings is 1. The van der Waals surface area contributed by atoms with Crippen molar-refractivity contribution < 1.29 is 9.53 Å². The van der Waals surface area contributed by atoms with Gasteiger partial charge in [0.05, 0.1) is 0 Å². The van der Waals surface area contributed by atoms with Gasteiger partial charge in [0.25, 0.3) is 5.91 Å². The molecule has 0 bridgehead atoms. The first-order valence-corrected chi connectivity index (χ1v) is 5.27. The van der Waals surface area contributed by atoms with Crippen LogP contribution in [0.5, 0.6) is 5.75 Å².